The second-order valence-electron chi connectivity index (χ2n) is 14.0. The average molecular weight is 827 g/mol. The number of nitrogens with one attached hydrogen (secondary N) is 1. The second kappa shape index (κ2) is 12.1. The fourth-order valence-electron chi connectivity index (χ4n) is 9.18. The van der Waals surface area contributed by atoms with Crippen molar-refractivity contribution in [3.05, 3.63) is 47.0 Å². The zero-order valence-electron chi connectivity index (χ0n) is 26.5. The Morgan fingerprint density at radius 1 is 1.11 bits per heavy atom. The molecule has 239 valence electrons. The molecular weight excluding hydrogens is 781 g/mol. The Morgan fingerprint density at radius 3 is 2.27 bits per heavy atom. The fraction of sp³-hybridized carbons (Fsp3) is 0.667. The van der Waals surface area contributed by atoms with E-state index in [0.29, 0.717) is 16.7 Å². The molecule has 0 spiro atoms. The van der Waals surface area contributed by atoms with Crippen LogP contribution in [0.25, 0.3) is 0 Å². The third kappa shape index (κ3) is 5.08. The molecule has 11 atom stereocenters. The molecule has 44 heavy (non-hydrogen) atoms. The van der Waals surface area contributed by atoms with E-state index in [4.69, 9.17) is 9.47 Å². The number of carbonyl (C=O) groups is 3. The van der Waals surface area contributed by atoms with Crippen molar-refractivity contribution < 1.29 is 88.3 Å². The van der Waals surface area contributed by atoms with E-state index in [2.05, 4.69) is 5.32 Å². The van der Waals surface area contributed by atoms with Gasteiger partial charge in [0.15, 0.2) is 6.10 Å². The fourth-order valence-corrected chi connectivity index (χ4v) is 9.18. The summed E-state index contributed by atoms with van der Waals surface area (Å²) >= 11 is 0. The number of fused-ring (bicyclic) bond motifs is 5. The van der Waals surface area contributed by atoms with Crippen LogP contribution in [0.3, 0.4) is 0 Å². The van der Waals surface area contributed by atoms with Gasteiger partial charge in [-0.2, -0.15) is 0 Å². The van der Waals surface area contributed by atoms with Gasteiger partial charge in [-0.3, -0.25) is 9.59 Å². The number of hydrogen-bond acceptors (Lipinski definition) is 9. The summed E-state index contributed by atoms with van der Waals surface area (Å²) < 4.78 is 11.6. The smallest absolute Gasteiger partial charge is 0.338 e. The zero-order chi connectivity index (χ0) is 31.9. The first-order valence-electron chi connectivity index (χ1n) is 15.1. The number of hydrogen-bond donors (Lipinski definition) is 5. The zero-order valence-corrected chi connectivity index (χ0v) is 31.3. The van der Waals surface area contributed by atoms with Crippen molar-refractivity contribution in [2.75, 3.05) is 6.61 Å². The topological polar surface area (TPSA) is 163 Å². The number of rotatable bonds is 5. The summed E-state index contributed by atoms with van der Waals surface area (Å²) in [6, 6.07) is 7.52. The van der Waals surface area contributed by atoms with Gasteiger partial charge in [-0.05, 0) is 36.5 Å². The molecule has 2 bridgehead atoms. The van der Waals surface area contributed by atoms with E-state index in [1.54, 1.807) is 58.0 Å². The van der Waals surface area contributed by atoms with E-state index in [-0.39, 0.29) is 69.3 Å². The first kappa shape index (κ1) is 35.7. The standard InChI is InChI=1S/C33H45NO9.Ac/c1-16-21(43-29(39)26(37)25(34-19(4)35)20-11-9-8-10-12-20)14-33(41)18(3)27-31(7,22(36)13-23-32(27,40)15-42-23)28(38)17(2)24(16)30(33,5)6;/h8-12,17-18,21-23,25-27,36-37,40-41H,13-15H2,1-7H3,(H,34,35);/t17-,18+,21?,22?,23?,25?,26?,27?,31-,32?,33?;/m1./s1. The van der Waals surface area contributed by atoms with Crippen LogP contribution in [0.5, 0.6) is 0 Å². The average Bonchev–Trinajstić information content (AvgIpc) is 2.94. The number of esters is 1. The van der Waals surface area contributed by atoms with Crippen LogP contribution in [0.15, 0.2) is 41.5 Å². The van der Waals surface area contributed by atoms with Crippen LogP contribution in [0, 0.1) is 72.6 Å². The van der Waals surface area contributed by atoms with Crippen molar-refractivity contribution in [2.24, 2.45) is 28.6 Å². The molecule has 1 aromatic carbocycles. The van der Waals surface area contributed by atoms with Crippen LogP contribution in [0.1, 0.15) is 72.9 Å². The summed E-state index contributed by atoms with van der Waals surface area (Å²) in [5.41, 5.74) is -3.64. The van der Waals surface area contributed by atoms with Crippen LogP contribution < -0.4 is 5.32 Å². The molecular formula is C33H45AcNO9. The van der Waals surface area contributed by atoms with Gasteiger partial charge in [-0.25, -0.2) is 4.79 Å². The third-order valence-corrected chi connectivity index (χ3v) is 11.5. The Morgan fingerprint density at radius 2 is 1.73 bits per heavy atom. The Kier molecular flexibility index (Phi) is 9.82. The summed E-state index contributed by atoms with van der Waals surface area (Å²) in [4.78, 5) is 39.9. The molecule has 0 aromatic heterocycles. The van der Waals surface area contributed by atoms with Crippen LogP contribution >= 0.6 is 0 Å². The van der Waals surface area contributed by atoms with E-state index in [1.165, 1.54) is 6.92 Å². The van der Waals surface area contributed by atoms with Crippen molar-refractivity contribution in [3.63, 3.8) is 0 Å². The van der Waals surface area contributed by atoms with Gasteiger partial charge in [-0.1, -0.05) is 58.0 Å². The maximum atomic E-state index is 14.4. The van der Waals surface area contributed by atoms with Crippen molar-refractivity contribution in [1.82, 2.24) is 5.32 Å². The van der Waals surface area contributed by atoms with E-state index < -0.39 is 82.1 Å². The van der Waals surface area contributed by atoms with Gasteiger partial charge < -0.3 is 35.2 Å². The number of Topliss-reactive ketones (excluding diaryl/α,β-unsaturated/α-hetero) is 1. The van der Waals surface area contributed by atoms with Crippen LogP contribution in [0.2, 0.25) is 0 Å². The molecule has 1 saturated heterocycles. The van der Waals surface area contributed by atoms with Crippen molar-refractivity contribution >= 4 is 17.7 Å². The van der Waals surface area contributed by atoms with Crippen molar-refractivity contribution in [3.8, 4) is 0 Å². The largest absolute Gasteiger partial charge is 0.456 e. The molecule has 1 heterocycles. The maximum absolute atomic E-state index is 14.4. The molecule has 5 rings (SSSR count). The molecule has 2 saturated carbocycles. The molecule has 1 aromatic rings. The molecule has 1 aliphatic heterocycles. The summed E-state index contributed by atoms with van der Waals surface area (Å²) in [5.74, 6) is -4.03. The Labute approximate surface area is 294 Å². The summed E-state index contributed by atoms with van der Waals surface area (Å²) in [6.45, 7) is 12.0. The normalized spacial score (nSPS) is 40.5. The number of aliphatic hydroxyl groups is 4. The molecule has 4 aliphatic rings. The minimum atomic E-state index is -1.75. The molecule has 1 amide bonds. The predicted octanol–water partition coefficient (Wildman–Crippen LogP) is 1.99. The maximum Gasteiger partial charge on any atom is 0.338 e. The molecule has 11 heteroatoms. The summed E-state index contributed by atoms with van der Waals surface area (Å²) in [6.07, 6.45) is -4.44. The van der Waals surface area contributed by atoms with E-state index in [1.807, 2.05) is 13.8 Å². The van der Waals surface area contributed by atoms with Gasteiger partial charge in [0.25, 0.3) is 0 Å². The first-order valence-corrected chi connectivity index (χ1v) is 15.1. The molecule has 3 fully saturated rings. The molecule has 8 unspecified atom stereocenters. The minimum Gasteiger partial charge on any atom is -0.456 e. The van der Waals surface area contributed by atoms with E-state index in [0.717, 1.165) is 0 Å². The second-order valence-corrected chi connectivity index (χ2v) is 14.0. The Balaban J connectivity index is 0.00000442. The molecule has 3 aliphatic carbocycles. The van der Waals surface area contributed by atoms with Crippen LogP contribution in [0.4, 0.5) is 0 Å². The summed E-state index contributed by atoms with van der Waals surface area (Å²) in [5, 5.41) is 49.8. The Bertz CT molecular complexity index is 1350. The Hall–Kier alpha value is -1.19. The number of aliphatic hydroxyl groups excluding tert-OH is 2. The number of carbonyl (C=O) groups excluding carboxylic acids is 3. The van der Waals surface area contributed by atoms with Crippen LogP contribution in [-0.4, -0.2) is 80.3 Å². The van der Waals surface area contributed by atoms with Gasteiger partial charge in [-0.15, -0.1) is 0 Å². The van der Waals surface area contributed by atoms with E-state index in [9.17, 15) is 34.8 Å². The van der Waals surface area contributed by atoms with Gasteiger partial charge >= 0.3 is 5.97 Å². The third-order valence-electron chi connectivity index (χ3n) is 11.5. The van der Waals surface area contributed by atoms with Gasteiger partial charge in [0.2, 0.25) is 5.91 Å². The number of ketones is 1. The number of amides is 1. The molecule has 5 N–H and O–H groups in total. The van der Waals surface area contributed by atoms with Gasteiger partial charge in [0, 0.05) is 81.1 Å². The van der Waals surface area contributed by atoms with Crippen molar-refractivity contribution in [2.45, 2.75) is 103 Å². The van der Waals surface area contributed by atoms with Crippen LogP contribution in [-0.2, 0) is 23.9 Å². The first-order chi connectivity index (χ1) is 19.9. The van der Waals surface area contributed by atoms with Crippen molar-refractivity contribution in [1.29, 1.82) is 0 Å². The van der Waals surface area contributed by atoms with Gasteiger partial charge in [0.1, 0.15) is 17.5 Å². The van der Waals surface area contributed by atoms with Gasteiger partial charge in [0.05, 0.1) is 35.9 Å². The quantitative estimate of drug-likeness (QED) is 0.221. The monoisotopic (exact) mass is 826 g/mol. The predicted molar refractivity (Wildman–Crippen MR) is 155 cm³/mol. The minimum absolute atomic E-state index is 0. The SMILES string of the molecule is CC(=O)NC(c1ccccc1)C(O)C(=O)OC1CC2(O)[C@@H](C)C3C4(O)COC4CC(O)[C@@]3(C)C(=O)[C@H](C)C(=C1C)C2(C)C.[Ac]. The summed E-state index contributed by atoms with van der Waals surface area (Å²) in [7, 11) is 0. The number of benzene rings is 1. The number of ether oxygens (including phenoxy) is 2. The van der Waals surface area contributed by atoms with E-state index >= 15 is 0 Å². The molecule has 10 nitrogen and oxygen atoms in total. The molecule has 1 radical (unpaired) electrons.